The number of amides is 1. The predicted molar refractivity (Wildman–Crippen MR) is 77.6 cm³/mol. The van der Waals surface area contributed by atoms with Crippen LogP contribution >= 0.6 is 0 Å². The summed E-state index contributed by atoms with van der Waals surface area (Å²) in [6, 6.07) is 8.67. The van der Waals surface area contributed by atoms with E-state index in [1.165, 1.54) is 0 Å². The first kappa shape index (κ1) is 15.5. The molecule has 1 aliphatic rings. The smallest absolute Gasteiger partial charge is 0.308 e. The molecule has 1 amide bonds. The highest BCUT2D eigenvalue weighted by atomic mass is 16.5. The molecule has 4 atom stereocenters. The number of ether oxygens (including phenoxy) is 1. The first-order valence-electron chi connectivity index (χ1n) is 7.24. The maximum absolute atomic E-state index is 12.2. The maximum Gasteiger partial charge on any atom is 0.308 e. The lowest BCUT2D eigenvalue weighted by Gasteiger charge is -2.23. The Morgan fingerprint density at radius 2 is 2.05 bits per heavy atom. The van der Waals surface area contributed by atoms with Crippen molar-refractivity contribution in [2.24, 2.45) is 11.8 Å². The molecule has 21 heavy (non-hydrogen) atoms. The van der Waals surface area contributed by atoms with Gasteiger partial charge in [0.05, 0.1) is 24.0 Å². The van der Waals surface area contributed by atoms with Gasteiger partial charge in [-0.1, -0.05) is 30.3 Å². The number of rotatable bonds is 7. The molecule has 1 fully saturated rings. The zero-order valence-electron chi connectivity index (χ0n) is 12.3. The van der Waals surface area contributed by atoms with E-state index in [2.05, 4.69) is 5.32 Å². The minimum absolute atomic E-state index is 0.0217. The molecule has 2 rings (SSSR count). The number of hydrogen-bond donors (Lipinski definition) is 2. The van der Waals surface area contributed by atoms with Crippen LogP contribution < -0.4 is 5.32 Å². The Labute approximate surface area is 124 Å². The van der Waals surface area contributed by atoms with Crippen LogP contribution in [0.2, 0.25) is 0 Å². The summed E-state index contributed by atoms with van der Waals surface area (Å²) in [7, 11) is 0. The molecule has 2 N–H and O–H groups in total. The Morgan fingerprint density at radius 1 is 1.38 bits per heavy atom. The molecule has 1 saturated carbocycles. The average Bonchev–Trinajstić information content (AvgIpc) is 3.24. The van der Waals surface area contributed by atoms with Crippen molar-refractivity contribution >= 4 is 11.9 Å². The van der Waals surface area contributed by atoms with Crippen molar-refractivity contribution in [1.29, 1.82) is 0 Å². The quantitative estimate of drug-likeness (QED) is 0.805. The highest BCUT2D eigenvalue weighted by Crippen LogP contribution is 2.35. The fraction of sp³-hybridized carbons (Fsp3) is 0.500. The minimum Gasteiger partial charge on any atom is -0.481 e. The Balaban J connectivity index is 2.07. The second-order valence-electron chi connectivity index (χ2n) is 5.36. The molecular weight excluding hydrogens is 270 g/mol. The summed E-state index contributed by atoms with van der Waals surface area (Å²) in [5.41, 5.74) is 0.800. The topological polar surface area (TPSA) is 75.6 Å². The van der Waals surface area contributed by atoms with E-state index in [4.69, 9.17) is 4.74 Å². The van der Waals surface area contributed by atoms with Gasteiger partial charge < -0.3 is 15.2 Å². The molecule has 0 bridgehead atoms. The standard InChI is InChI=1S/C16H21NO4/c1-3-21-13-9-12(13)15(18)17-14(10(2)16(19)20)11-7-5-4-6-8-11/h4-8,10,12-14H,3,9H2,1-2H3,(H,17,18)(H,19,20)/t10-,12-,13+,14+/m0/s1. The minimum atomic E-state index is -0.929. The van der Waals surface area contributed by atoms with Gasteiger partial charge in [-0.25, -0.2) is 0 Å². The summed E-state index contributed by atoms with van der Waals surface area (Å²) in [5.74, 6) is -1.91. The van der Waals surface area contributed by atoms with Crippen molar-refractivity contribution in [2.75, 3.05) is 6.61 Å². The normalized spacial score (nSPS) is 23.1. The zero-order chi connectivity index (χ0) is 15.4. The number of nitrogens with one attached hydrogen (secondary N) is 1. The van der Waals surface area contributed by atoms with Crippen molar-refractivity contribution in [3.8, 4) is 0 Å². The van der Waals surface area contributed by atoms with Gasteiger partial charge in [0.25, 0.3) is 0 Å². The molecule has 0 unspecified atom stereocenters. The van der Waals surface area contributed by atoms with Crippen LogP contribution in [-0.2, 0) is 14.3 Å². The lowest BCUT2D eigenvalue weighted by molar-refractivity contribution is -0.142. The molecule has 5 heteroatoms. The number of carboxylic acids is 1. The van der Waals surface area contributed by atoms with E-state index in [0.29, 0.717) is 13.0 Å². The predicted octanol–water partition coefficient (Wildman–Crippen LogP) is 1.99. The van der Waals surface area contributed by atoms with Crippen LogP contribution in [0.3, 0.4) is 0 Å². The Kier molecular flexibility index (Phi) is 4.96. The number of carbonyl (C=O) groups is 2. The maximum atomic E-state index is 12.2. The molecule has 0 spiro atoms. The van der Waals surface area contributed by atoms with Gasteiger partial charge in [0, 0.05) is 6.61 Å². The monoisotopic (exact) mass is 291 g/mol. The first-order valence-corrected chi connectivity index (χ1v) is 7.24. The van der Waals surface area contributed by atoms with Gasteiger partial charge in [-0.2, -0.15) is 0 Å². The van der Waals surface area contributed by atoms with Gasteiger partial charge in [-0.15, -0.1) is 0 Å². The first-order chi connectivity index (χ1) is 10.0. The third-order valence-electron chi connectivity index (χ3n) is 3.80. The highest BCUT2D eigenvalue weighted by Gasteiger charge is 2.45. The Morgan fingerprint density at radius 3 is 2.62 bits per heavy atom. The molecule has 1 aliphatic carbocycles. The van der Waals surface area contributed by atoms with Crippen LogP contribution in [0, 0.1) is 11.8 Å². The number of hydrogen-bond acceptors (Lipinski definition) is 3. The van der Waals surface area contributed by atoms with Crippen molar-refractivity contribution in [1.82, 2.24) is 5.32 Å². The second kappa shape index (κ2) is 6.72. The van der Waals surface area contributed by atoms with Crippen molar-refractivity contribution in [2.45, 2.75) is 32.4 Å². The van der Waals surface area contributed by atoms with Gasteiger partial charge in [0.1, 0.15) is 0 Å². The van der Waals surface area contributed by atoms with Crippen LogP contribution in [-0.4, -0.2) is 29.7 Å². The molecule has 114 valence electrons. The summed E-state index contributed by atoms with van der Waals surface area (Å²) < 4.78 is 5.40. The van der Waals surface area contributed by atoms with E-state index in [1.54, 1.807) is 6.92 Å². The van der Waals surface area contributed by atoms with Gasteiger partial charge in [-0.05, 0) is 25.8 Å². The van der Waals surface area contributed by atoms with E-state index in [-0.39, 0.29) is 17.9 Å². The summed E-state index contributed by atoms with van der Waals surface area (Å²) >= 11 is 0. The van der Waals surface area contributed by atoms with Gasteiger partial charge in [-0.3, -0.25) is 9.59 Å². The van der Waals surface area contributed by atoms with Gasteiger partial charge in [0.15, 0.2) is 0 Å². The molecule has 1 aromatic rings. The number of carboxylic acid groups (broad SMARTS) is 1. The van der Waals surface area contributed by atoms with Crippen LogP contribution in [0.5, 0.6) is 0 Å². The van der Waals surface area contributed by atoms with Crippen molar-refractivity contribution in [3.63, 3.8) is 0 Å². The molecule has 1 aromatic carbocycles. The van der Waals surface area contributed by atoms with E-state index in [9.17, 15) is 14.7 Å². The third-order valence-corrected chi connectivity index (χ3v) is 3.80. The Bertz CT molecular complexity index is 502. The molecule has 0 saturated heterocycles. The summed E-state index contributed by atoms with van der Waals surface area (Å²) in [6.07, 6.45) is 0.689. The van der Waals surface area contributed by atoms with E-state index in [0.717, 1.165) is 5.56 Å². The molecule has 0 heterocycles. The fourth-order valence-electron chi connectivity index (χ4n) is 2.41. The van der Waals surface area contributed by atoms with E-state index < -0.39 is 17.9 Å². The van der Waals surface area contributed by atoms with E-state index >= 15 is 0 Å². The second-order valence-corrected chi connectivity index (χ2v) is 5.36. The summed E-state index contributed by atoms with van der Waals surface area (Å²) in [6.45, 7) is 4.09. The zero-order valence-corrected chi connectivity index (χ0v) is 12.3. The van der Waals surface area contributed by atoms with Crippen molar-refractivity contribution < 1.29 is 19.4 Å². The average molecular weight is 291 g/mol. The van der Waals surface area contributed by atoms with E-state index in [1.807, 2.05) is 37.3 Å². The third kappa shape index (κ3) is 3.82. The molecule has 0 aromatic heterocycles. The molecule has 5 nitrogen and oxygen atoms in total. The van der Waals surface area contributed by atoms with Gasteiger partial charge in [0.2, 0.25) is 5.91 Å². The fourth-order valence-corrected chi connectivity index (χ4v) is 2.41. The number of aliphatic carboxylic acids is 1. The van der Waals surface area contributed by atoms with Crippen LogP contribution in [0.4, 0.5) is 0 Å². The van der Waals surface area contributed by atoms with Crippen LogP contribution in [0.1, 0.15) is 31.9 Å². The number of benzene rings is 1. The highest BCUT2D eigenvalue weighted by molar-refractivity contribution is 5.83. The Hall–Kier alpha value is -1.88. The molecule has 0 radical (unpaired) electrons. The summed E-state index contributed by atoms with van der Waals surface area (Å²) in [4.78, 5) is 23.5. The van der Waals surface area contributed by atoms with Crippen molar-refractivity contribution in [3.05, 3.63) is 35.9 Å². The summed E-state index contributed by atoms with van der Waals surface area (Å²) in [5, 5.41) is 12.1. The largest absolute Gasteiger partial charge is 0.481 e. The SMILES string of the molecule is CCO[C@@H]1C[C@@H]1C(=O)N[C@@H](c1ccccc1)[C@H](C)C(=O)O. The van der Waals surface area contributed by atoms with Crippen LogP contribution in [0.15, 0.2) is 30.3 Å². The van der Waals surface area contributed by atoms with Gasteiger partial charge >= 0.3 is 5.97 Å². The lowest BCUT2D eigenvalue weighted by atomic mass is 9.94. The molecule has 0 aliphatic heterocycles. The lowest BCUT2D eigenvalue weighted by Crippen LogP contribution is -2.37. The van der Waals surface area contributed by atoms with Crippen LogP contribution in [0.25, 0.3) is 0 Å². The number of carbonyl (C=O) groups excluding carboxylic acids is 1. The molecular formula is C16H21NO4.